The summed E-state index contributed by atoms with van der Waals surface area (Å²) in [5.41, 5.74) is 2.20. The van der Waals surface area contributed by atoms with Gasteiger partial charge in [-0.2, -0.15) is 0 Å². The molecule has 0 spiro atoms. The van der Waals surface area contributed by atoms with E-state index in [0.29, 0.717) is 18.5 Å². The fourth-order valence-electron chi connectivity index (χ4n) is 3.48. The minimum absolute atomic E-state index is 0.212. The van der Waals surface area contributed by atoms with E-state index in [0.717, 1.165) is 6.54 Å². The predicted molar refractivity (Wildman–Crippen MR) is 107 cm³/mol. The maximum atomic E-state index is 11.7. The van der Waals surface area contributed by atoms with Crippen molar-refractivity contribution in [2.75, 3.05) is 13.1 Å². The Morgan fingerprint density at radius 2 is 1.85 bits per heavy atom. The van der Waals surface area contributed by atoms with Crippen LogP contribution in [-0.2, 0) is 16.1 Å². The molecule has 0 radical (unpaired) electrons. The maximum Gasteiger partial charge on any atom is 0.320 e. The SMILES string of the molecule is C=CCNC1CCC(c2ccc(CNCC(=O)OC(C)(C)C)cc2)CC1. The summed E-state index contributed by atoms with van der Waals surface area (Å²) in [6.45, 7) is 11.2. The Morgan fingerprint density at radius 1 is 1.19 bits per heavy atom. The lowest BCUT2D eigenvalue weighted by molar-refractivity contribution is -0.153. The van der Waals surface area contributed by atoms with Gasteiger partial charge in [0.15, 0.2) is 0 Å². The summed E-state index contributed by atoms with van der Waals surface area (Å²) >= 11 is 0. The first kappa shape index (κ1) is 20.7. The molecule has 1 aliphatic carbocycles. The molecule has 4 heteroatoms. The maximum absolute atomic E-state index is 11.7. The Balaban J connectivity index is 1.73. The summed E-state index contributed by atoms with van der Waals surface area (Å²) in [6.07, 6.45) is 6.88. The van der Waals surface area contributed by atoms with Gasteiger partial charge in [0.2, 0.25) is 0 Å². The van der Waals surface area contributed by atoms with Crippen LogP contribution in [0.3, 0.4) is 0 Å². The van der Waals surface area contributed by atoms with Crippen molar-refractivity contribution in [3.8, 4) is 0 Å². The van der Waals surface area contributed by atoms with Crippen molar-refractivity contribution in [2.45, 2.75) is 70.6 Å². The minimum atomic E-state index is -0.430. The molecule has 1 aromatic rings. The molecule has 1 aliphatic rings. The number of rotatable bonds is 8. The number of nitrogens with one attached hydrogen (secondary N) is 2. The summed E-state index contributed by atoms with van der Waals surface area (Å²) in [5, 5.41) is 6.69. The number of hydrogen-bond acceptors (Lipinski definition) is 4. The van der Waals surface area contributed by atoms with E-state index in [2.05, 4.69) is 41.5 Å². The highest BCUT2D eigenvalue weighted by atomic mass is 16.6. The summed E-state index contributed by atoms with van der Waals surface area (Å²) in [4.78, 5) is 11.7. The summed E-state index contributed by atoms with van der Waals surface area (Å²) in [5.74, 6) is 0.455. The summed E-state index contributed by atoms with van der Waals surface area (Å²) < 4.78 is 5.30. The van der Waals surface area contributed by atoms with Gasteiger partial charge in [-0.1, -0.05) is 30.3 Å². The van der Waals surface area contributed by atoms with Crippen LogP contribution in [0.4, 0.5) is 0 Å². The van der Waals surface area contributed by atoms with Crippen LogP contribution in [0.15, 0.2) is 36.9 Å². The first-order valence-electron chi connectivity index (χ1n) is 9.73. The second-order valence-corrected chi connectivity index (χ2v) is 8.18. The molecule has 1 aromatic carbocycles. The molecule has 0 amide bonds. The number of carbonyl (C=O) groups is 1. The van der Waals surface area contributed by atoms with Crippen molar-refractivity contribution in [3.05, 3.63) is 48.0 Å². The lowest BCUT2D eigenvalue weighted by atomic mass is 9.81. The fraction of sp³-hybridized carbons (Fsp3) is 0.591. The lowest BCUT2D eigenvalue weighted by Gasteiger charge is -2.29. The summed E-state index contributed by atoms with van der Waals surface area (Å²) in [7, 11) is 0. The van der Waals surface area contributed by atoms with Gasteiger partial charge in [0, 0.05) is 19.1 Å². The quantitative estimate of drug-likeness (QED) is 0.546. The van der Waals surface area contributed by atoms with Gasteiger partial charge in [-0.05, 0) is 63.5 Å². The van der Waals surface area contributed by atoms with E-state index in [1.165, 1.54) is 36.8 Å². The minimum Gasteiger partial charge on any atom is -0.459 e. The van der Waals surface area contributed by atoms with Crippen molar-refractivity contribution < 1.29 is 9.53 Å². The van der Waals surface area contributed by atoms with Crippen LogP contribution >= 0.6 is 0 Å². The number of ether oxygens (including phenoxy) is 1. The van der Waals surface area contributed by atoms with Crippen molar-refractivity contribution in [1.82, 2.24) is 10.6 Å². The van der Waals surface area contributed by atoms with Crippen LogP contribution in [0.25, 0.3) is 0 Å². The van der Waals surface area contributed by atoms with Gasteiger partial charge in [-0.3, -0.25) is 4.79 Å². The van der Waals surface area contributed by atoms with Crippen LogP contribution in [-0.4, -0.2) is 30.7 Å². The monoisotopic (exact) mass is 358 g/mol. The molecular weight excluding hydrogens is 324 g/mol. The molecule has 2 N–H and O–H groups in total. The average Bonchev–Trinajstić information content (AvgIpc) is 2.59. The molecule has 0 bridgehead atoms. The van der Waals surface area contributed by atoms with E-state index in [9.17, 15) is 4.79 Å². The Morgan fingerprint density at radius 3 is 2.42 bits per heavy atom. The molecule has 0 aromatic heterocycles. The zero-order valence-electron chi connectivity index (χ0n) is 16.5. The standard InChI is InChI=1S/C22H34N2O2/c1-5-14-24-20-12-10-19(11-13-20)18-8-6-17(7-9-18)15-23-16-21(25)26-22(2,3)4/h5-9,19-20,23-24H,1,10-16H2,2-4H3. The van der Waals surface area contributed by atoms with Gasteiger partial charge in [0.1, 0.15) is 5.60 Å². The lowest BCUT2D eigenvalue weighted by Crippen LogP contribution is -2.32. The first-order valence-corrected chi connectivity index (χ1v) is 9.73. The number of benzene rings is 1. The van der Waals surface area contributed by atoms with E-state index >= 15 is 0 Å². The number of hydrogen-bond donors (Lipinski definition) is 2. The number of esters is 1. The van der Waals surface area contributed by atoms with Crippen molar-refractivity contribution in [3.63, 3.8) is 0 Å². The Labute approximate surface area is 158 Å². The third-order valence-electron chi connectivity index (χ3n) is 4.75. The Kier molecular flexibility index (Phi) is 7.85. The highest BCUT2D eigenvalue weighted by molar-refractivity contribution is 5.72. The molecule has 1 saturated carbocycles. The second kappa shape index (κ2) is 9.89. The van der Waals surface area contributed by atoms with Crippen LogP contribution in [0, 0.1) is 0 Å². The third kappa shape index (κ3) is 7.30. The normalized spacial score (nSPS) is 20.6. The van der Waals surface area contributed by atoms with Crippen LogP contribution in [0.2, 0.25) is 0 Å². The van der Waals surface area contributed by atoms with E-state index in [4.69, 9.17) is 4.74 Å². The topological polar surface area (TPSA) is 50.4 Å². The van der Waals surface area contributed by atoms with Gasteiger partial charge in [-0.15, -0.1) is 6.58 Å². The first-order chi connectivity index (χ1) is 12.4. The van der Waals surface area contributed by atoms with Crippen molar-refractivity contribution >= 4 is 5.97 Å². The van der Waals surface area contributed by atoms with Crippen molar-refractivity contribution in [1.29, 1.82) is 0 Å². The van der Waals surface area contributed by atoms with Gasteiger partial charge >= 0.3 is 5.97 Å². The predicted octanol–water partition coefficient (Wildman–Crippen LogP) is 3.92. The zero-order chi connectivity index (χ0) is 19.0. The molecule has 0 unspecified atom stereocenters. The molecule has 2 rings (SSSR count). The Bertz CT molecular complexity index is 567. The second-order valence-electron chi connectivity index (χ2n) is 8.18. The van der Waals surface area contributed by atoms with E-state index in [1.807, 2.05) is 26.8 Å². The molecular formula is C22H34N2O2. The van der Waals surface area contributed by atoms with Gasteiger partial charge in [0.05, 0.1) is 6.54 Å². The molecule has 4 nitrogen and oxygen atoms in total. The number of carbonyl (C=O) groups excluding carboxylic acids is 1. The molecule has 0 heterocycles. The van der Waals surface area contributed by atoms with Crippen LogP contribution < -0.4 is 10.6 Å². The molecule has 0 atom stereocenters. The third-order valence-corrected chi connectivity index (χ3v) is 4.75. The van der Waals surface area contributed by atoms with Crippen LogP contribution in [0.1, 0.15) is 63.5 Å². The van der Waals surface area contributed by atoms with Crippen LogP contribution in [0.5, 0.6) is 0 Å². The van der Waals surface area contributed by atoms with Gasteiger partial charge in [-0.25, -0.2) is 0 Å². The van der Waals surface area contributed by atoms with E-state index in [1.54, 1.807) is 0 Å². The highest BCUT2D eigenvalue weighted by Crippen LogP contribution is 2.32. The highest BCUT2D eigenvalue weighted by Gasteiger charge is 2.21. The smallest absolute Gasteiger partial charge is 0.320 e. The zero-order valence-corrected chi connectivity index (χ0v) is 16.5. The molecule has 26 heavy (non-hydrogen) atoms. The fourth-order valence-corrected chi connectivity index (χ4v) is 3.48. The van der Waals surface area contributed by atoms with Gasteiger partial charge < -0.3 is 15.4 Å². The molecule has 0 aliphatic heterocycles. The Hall–Kier alpha value is -1.65. The van der Waals surface area contributed by atoms with E-state index < -0.39 is 5.60 Å². The van der Waals surface area contributed by atoms with E-state index in [-0.39, 0.29) is 12.5 Å². The largest absolute Gasteiger partial charge is 0.459 e. The summed E-state index contributed by atoms with van der Waals surface area (Å²) in [6, 6.07) is 9.46. The average molecular weight is 359 g/mol. The van der Waals surface area contributed by atoms with Gasteiger partial charge in [0.25, 0.3) is 0 Å². The molecule has 1 fully saturated rings. The molecule has 144 valence electrons. The van der Waals surface area contributed by atoms with Crippen molar-refractivity contribution in [2.24, 2.45) is 0 Å². The molecule has 0 saturated heterocycles.